The van der Waals surface area contributed by atoms with E-state index in [0.717, 1.165) is 39.7 Å². The molecule has 0 spiro atoms. The van der Waals surface area contributed by atoms with Crippen molar-refractivity contribution in [1.82, 2.24) is 23.9 Å². The number of para-hydroxylation sites is 5. The number of hydrogen-bond acceptors (Lipinski definition) is 2. The molecule has 0 atom stereocenters. The minimum Gasteiger partial charge on any atom is -0.278 e. The van der Waals surface area contributed by atoms with Crippen LogP contribution >= 0.6 is 0 Å². The van der Waals surface area contributed by atoms with Crippen LogP contribution in [-0.2, 0) is 0 Å². The molecule has 3 heterocycles. The number of rotatable bonds is 3. The first kappa shape index (κ1) is 20.1. The Morgan fingerprint density at radius 1 is 0.324 bits per heavy atom. The van der Waals surface area contributed by atoms with Crippen LogP contribution in [0.2, 0.25) is 0 Å². The normalized spacial score (nSPS) is 11.8. The summed E-state index contributed by atoms with van der Waals surface area (Å²) in [4.78, 5) is 0. The van der Waals surface area contributed by atoms with Crippen molar-refractivity contribution < 1.29 is 0 Å². The van der Waals surface area contributed by atoms with Crippen LogP contribution in [0.15, 0.2) is 127 Å². The van der Waals surface area contributed by atoms with E-state index in [-0.39, 0.29) is 0 Å². The molecule has 0 bridgehead atoms. The van der Waals surface area contributed by atoms with Gasteiger partial charge in [0.25, 0.3) is 0 Å². The average Bonchev–Trinajstić information content (AvgIpc) is 3.63. The minimum absolute atomic E-state index is 0.750. The first-order valence-corrected chi connectivity index (χ1v) is 12.4. The Morgan fingerprint density at radius 2 is 0.649 bits per heavy atom. The second-order valence-electron chi connectivity index (χ2n) is 9.21. The van der Waals surface area contributed by atoms with Crippen molar-refractivity contribution in [2.24, 2.45) is 0 Å². The van der Waals surface area contributed by atoms with E-state index in [9.17, 15) is 0 Å². The lowest BCUT2D eigenvalue weighted by Crippen LogP contribution is -2.10. The van der Waals surface area contributed by atoms with Crippen molar-refractivity contribution in [3.63, 3.8) is 0 Å². The van der Waals surface area contributed by atoms with Crippen LogP contribution in [0.5, 0.6) is 0 Å². The van der Waals surface area contributed by atoms with Crippen molar-refractivity contribution in [2.75, 3.05) is 0 Å². The molecule has 0 unspecified atom stereocenters. The van der Waals surface area contributed by atoms with E-state index in [1.54, 1.807) is 0 Å². The van der Waals surface area contributed by atoms with Crippen molar-refractivity contribution in [3.05, 3.63) is 127 Å². The smallest absolute Gasteiger partial charge is 0.242 e. The Kier molecular flexibility index (Phi) is 4.16. The standard InChI is InChI=1S/C32H21N5/c1-2-12-22(13-3-1)35-31(36-27-18-8-4-14-23(27)24-15-5-9-19-28(24)36)33-34-32(35)37-29-20-10-6-16-25(29)26-17-7-11-21-30(26)37/h1-21H. The van der Waals surface area contributed by atoms with Crippen LogP contribution in [0, 0.1) is 0 Å². The highest BCUT2D eigenvalue weighted by atomic mass is 15.4. The Balaban J connectivity index is 1.54. The predicted octanol–water partition coefficient (Wildman–Crippen LogP) is 7.46. The molecule has 0 saturated heterocycles. The van der Waals surface area contributed by atoms with Crippen molar-refractivity contribution in [3.8, 4) is 17.6 Å². The molecule has 0 aliphatic rings. The van der Waals surface area contributed by atoms with Crippen LogP contribution in [0.3, 0.4) is 0 Å². The molecule has 8 aromatic rings. The molecule has 5 aromatic carbocycles. The zero-order chi connectivity index (χ0) is 24.3. The molecule has 3 aromatic heterocycles. The highest BCUT2D eigenvalue weighted by Gasteiger charge is 2.23. The van der Waals surface area contributed by atoms with Gasteiger partial charge in [0.05, 0.1) is 27.8 Å². The van der Waals surface area contributed by atoms with Gasteiger partial charge in [0, 0.05) is 21.5 Å². The molecule has 0 saturated carbocycles. The molecule has 174 valence electrons. The quantitative estimate of drug-likeness (QED) is 0.266. The van der Waals surface area contributed by atoms with Crippen molar-refractivity contribution in [1.29, 1.82) is 0 Å². The van der Waals surface area contributed by atoms with Crippen LogP contribution in [0.1, 0.15) is 0 Å². The summed E-state index contributed by atoms with van der Waals surface area (Å²) in [6.07, 6.45) is 0. The lowest BCUT2D eigenvalue weighted by Gasteiger charge is -2.14. The molecular weight excluding hydrogens is 454 g/mol. The topological polar surface area (TPSA) is 40.6 Å². The van der Waals surface area contributed by atoms with E-state index in [1.165, 1.54) is 21.5 Å². The molecule has 0 fully saturated rings. The summed E-state index contributed by atoms with van der Waals surface area (Å²) < 4.78 is 6.61. The first-order valence-electron chi connectivity index (χ1n) is 12.4. The van der Waals surface area contributed by atoms with Crippen molar-refractivity contribution in [2.45, 2.75) is 0 Å². The molecule has 0 N–H and O–H groups in total. The van der Waals surface area contributed by atoms with Crippen LogP contribution in [0.25, 0.3) is 61.2 Å². The maximum atomic E-state index is 4.86. The van der Waals surface area contributed by atoms with Gasteiger partial charge in [-0.15, -0.1) is 10.2 Å². The third kappa shape index (κ3) is 2.79. The van der Waals surface area contributed by atoms with E-state index >= 15 is 0 Å². The highest BCUT2D eigenvalue weighted by Crippen LogP contribution is 2.35. The molecular formula is C32H21N5. The van der Waals surface area contributed by atoms with Crippen LogP contribution in [-0.4, -0.2) is 23.9 Å². The fourth-order valence-corrected chi connectivity index (χ4v) is 5.64. The second kappa shape index (κ2) is 7.67. The molecule has 8 rings (SSSR count). The van der Waals surface area contributed by atoms with E-state index in [2.05, 4.69) is 135 Å². The summed E-state index contributed by atoms with van der Waals surface area (Å²) in [6.45, 7) is 0. The summed E-state index contributed by atoms with van der Waals surface area (Å²) in [7, 11) is 0. The van der Waals surface area contributed by atoms with Crippen molar-refractivity contribution >= 4 is 43.6 Å². The predicted molar refractivity (Wildman–Crippen MR) is 150 cm³/mol. The second-order valence-corrected chi connectivity index (χ2v) is 9.21. The Bertz CT molecular complexity index is 1860. The van der Waals surface area contributed by atoms with Gasteiger partial charge >= 0.3 is 0 Å². The number of nitrogens with zero attached hydrogens (tertiary/aromatic N) is 5. The summed E-state index contributed by atoms with van der Waals surface area (Å²) >= 11 is 0. The Labute approximate surface area is 212 Å². The van der Waals surface area contributed by atoms with E-state index in [1.807, 2.05) is 6.07 Å². The molecule has 0 aliphatic heterocycles. The first-order chi connectivity index (χ1) is 18.4. The summed E-state index contributed by atoms with van der Waals surface area (Å²) in [5.41, 5.74) is 5.40. The molecule has 0 radical (unpaired) electrons. The van der Waals surface area contributed by atoms with Gasteiger partial charge < -0.3 is 0 Å². The molecule has 5 heteroatoms. The number of benzene rings is 5. The van der Waals surface area contributed by atoms with Crippen LogP contribution in [0.4, 0.5) is 0 Å². The maximum Gasteiger partial charge on any atom is 0.242 e. The zero-order valence-electron chi connectivity index (χ0n) is 19.9. The SMILES string of the molecule is c1ccc(-n2c(-n3c4ccccc4c4ccccc43)nnc2-n2c3ccccc3c3ccccc32)cc1. The monoisotopic (exact) mass is 475 g/mol. The number of aromatic nitrogens is 5. The van der Waals surface area contributed by atoms with Gasteiger partial charge in [-0.1, -0.05) is 91.0 Å². The van der Waals surface area contributed by atoms with Gasteiger partial charge in [0.1, 0.15) is 0 Å². The lowest BCUT2D eigenvalue weighted by molar-refractivity contribution is 0.901. The summed E-state index contributed by atoms with van der Waals surface area (Å²) in [6, 6.07) is 44.3. The van der Waals surface area contributed by atoms with Gasteiger partial charge in [-0.05, 0) is 36.4 Å². The van der Waals surface area contributed by atoms with E-state index in [4.69, 9.17) is 10.2 Å². The van der Waals surface area contributed by atoms with E-state index in [0.29, 0.717) is 0 Å². The molecule has 37 heavy (non-hydrogen) atoms. The minimum atomic E-state index is 0.750. The summed E-state index contributed by atoms with van der Waals surface area (Å²) in [5, 5.41) is 14.5. The Hall–Kier alpha value is -5.16. The lowest BCUT2D eigenvalue weighted by atomic mass is 10.2. The van der Waals surface area contributed by atoms with Gasteiger partial charge in [0.2, 0.25) is 11.9 Å². The van der Waals surface area contributed by atoms with Gasteiger partial charge in [-0.3, -0.25) is 9.13 Å². The van der Waals surface area contributed by atoms with Crippen LogP contribution < -0.4 is 0 Å². The fraction of sp³-hybridized carbons (Fsp3) is 0. The maximum absolute atomic E-state index is 4.86. The van der Waals surface area contributed by atoms with Gasteiger partial charge in [-0.25, -0.2) is 4.57 Å². The molecule has 0 aliphatic carbocycles. The third-order valence-electron chi connectivity index (χ3n) is 7.20. The largest absolute Gasteiger partial charge is 0.278 e. The van der Waals surface area contributed by atoms with Gasteiger partial charge in [-0.2, -0.15) is 0 Å². The molecule has 5 nitrogen and oxygen atoms in total. The zero-order valence-corrected chi connectivity index (χ0v) is 19.9. The highest BCUT2D eigenvalue weighted by molar-refractivity contribution is 6.10. The average molecular weight is 476 g/mol. The molecule has 0 amide bonds. The fourth-order valence-electron chi connectivity index (χ4n) is 5.64. The van der Waals surface area contributed by atoms with E-state index < -0.39 is 0 Å². The Morgan fingerprint density at radius 3 is 1.03 bits per heavy atom. The third-order valence-corrected chi connectivity index (χ3v) is 7.20. The summed E-state index contributed by atoms with van der Waals surface area (Å²) in [5.74, 6) is 1.50. The number of hydrogen-bond donors (Lipinski definition) is 0. The van der Waals surface area contributed by atoms with Gasteiger partial charge in [0.15, 0.2) is 0 Å². The number of fused-ring (bicyclic) bond motifs is 6.